The number of Topliss-reactive ketones (excluding diaryl/α,β-unsaturated/α-hetero) is 1. The Balaban J connectivity index is 2.11. The van der Waals surface area contributed by atoms with E-state index in [0.717, 1.165) is 5.57 Å². The van der Waals surface area contributed by atoms with E-state index in [-0.39, 0.29) is 66.0 Å². The van der Waals surface area contributed by atoms with Crippen LogP contribution in [0.1, 0.15) is 97.7 Å². The Morgan fingerprint density at radius 3 is 2.29 bits per heavy atom. The van der Waals surface area contributed by atoms with E-state index < -0.39 is 58.2 Å². The number of ether oxygens (including phenoxy) is 2. The highest BCUT2D eigenvalue weighted by atomic mass is 28.4. The molecule has 59 heavy (non-hydrogen) atoms. The van der Waals surface area contributed by atoms with Crippen LogP contribution in [-0.2, 0) is 41.1 Å². The molecule has 1 aliphatic heterocycles. The predicted molar refractivity (Wildman–Crippen MR) is 233 cm³/mol. The molecule has 0 aliphatic carbocycles. The summed E-state index contributed by atoms with van der Waals surface area (Å²) in [6, 6.07) is -1.28. The Hall–Kier alpha value is -4.42. The maximum absolute atomic E-state index is 14.3. The smallest absolute Gasteiger partial charge is 0.419 e. The van der Waals surface area contributed by atoms with Crippen LogP contribution in [0.3, 0.4) is 0 Å². The lowest BCUT2D eigenvalue weighted by Gasteiger charge is -2.38. The van der Waals surface area contributed by atoms with Gasteiger partial charge in [0.05, 0.1) is 18.2 Å². The Kier molecular flexibility index (Phi) is 16.4. The summed E-state index contributed by atoms with van der Waals surface area (Å²) in [4.78, 5) is 76.7. The largest absolute Gasteiger partial charge is 0.460 e. The quantitative estimate of drug-likeness (QED) is 0.230. The van der Waals surface area contributed by atoms with Gasteiger partial charge in [-0.25, -0.2) is 24.1 Å². The monoisotopic (exact) mass is 853 g/mol. The number of amides is 2. The van der Waals surface area contributed by atoms with Gasteiger partial charge in [0, 0.05) is 31.5 Å². The van der Waals surface area contributed by atoms with E-state index in [2.05, 4.69) is 54.5 Å². The molecule has 2 amide bonds. The molecule has 326 valence electrons. The number of cyclic esters (lactones) is 1. The van der Waals surface area contributed by atoms with Crippen molar-refractivity contribution in [1.82, 2.24) is 25.2 Å². The molecule has 2 bridgehead atoms. The van der Waals surface area contributed by atoms with E-state index in [9.17, 15) is 24.0 Å². The number of carbonyl (C=O) groups excluding carboxylic acids is 5. The normalized spacial score (nSPS) is 23.4. The van der Waals surface area contributed by atoms with Crippen molar-refractivity contribution in [2.45, 2.75) is 150 Å². The van der Waals surface area contributed by atoms with Crippen molar-refractivity contribution >= 4 is 51.4 Å². The molecule has 2 aromatic rings. The van der Waals surface area contributed by atoms with Gasteiger partial charge in [-0.05, 0) is 57.8 Å². The molecule has 2 aromatic heterocycles. The second-order valence-electron chi connectivity index (χ2n) is 19.3. The van der Waals surface area contributed by atoms with Crippen molar-refractivity contribution in [3.8, 4) is 0 Å². The molecule has 0 saturated heterocycles. The second-order valence-corrected chi connectivity index (χ2v) is 29.0. The molecule has 16 heteroatoms. The summed E-state index contributed by atoms with van der Waals surface area (Å²) >= 11 is 0. The van der Waals surface area contributed by atoms with Gasteiger partial charge in [-0.1, -0.05) is 91.1 Å². The highest BCUT2D eigenvalue weighted by Crippen LogP contribution is 2.38. The Morgan fingerprint density at radius 1 is 1.03 bits per heavy atom. The molecule has 1 unspecified atom stereocenters. The van der Waals surface area contributed by atoms with E-state index in [4.69, 9.17) is 18.3 Å². The summed E-state index contributed by atoms with van der Waals surface area (Å²) in [5.41, 5.74) is 0.407. The van der Waals surface area contributed by atoms with E-state index >= 15 is 0 Å². The maximum Gasteiger partial charge on any atom is 0.419 e. The van der Waals surface area contributed by atoms with Crippen LogP contribution in [0.4, 0.5) is 4.79 Å². The number of carbonyl (C=O) groups is 5. The first-order chi connectivity index (χ1) is 27.1. The van der Waals surface area contributed by atoms with Crippen LogP contribution >= 0.6 is 0 Å². The van der Waals surface area contributed by atoms with Crippen LogP contribution in [0.25, 0.3) is 0 Å². The van der Waals surface area contributed by atoms with Gasteiger partial charge in [0.1, 0.15) is 43.3 Å². The molecule has 2 N–H and O–H groups in total. The maximum atomic E-state index is 14.3. The number of ketones is 1. The highest BCUT2D eigenvalue weighted by Gasteiger charge is 2.40. The summed E-state index contributed by atoms with van der Waals surface area (Å²) in [6.45, 7) is 29.7. The molecule has 0 radical (unpaired) electrons. The highest BCUT2D eigenvalue weighted by molar-refractivity contribution is 6.88. The zero-order valence-corrected chi connectivity index (χ0v) is 39.8. The molecule has 0 spiro atoms. The number of imidazole rings is 1. The fourth-order valence-corrected chi connectivity index (χ4v) is 8.56. The van der Waals surface area contributed by atoms with E-state index in [1.807, 2.05) is 65.6 Å². The third kappa shape index (κ3) is 15.0. The summed E-state index contributed by atoms with van der Waals surface area (Å²) in [5, 5.41) is 5.92. The van der Waals surface area contributed by atoms with Gasteiger partial charge in [0.2, 0.25) is 11.8 Å². The molecule has 0 aromatic carbocycles. The fourth-order valence-electron chi connectivity index (χ4n) is 6.00. The Morgan fingerprint density at radius 2 is 1.69 bits per heavy atom. The number of rotatable bonds is 6. The number of esters is 1. The van der Waals surface area contributed by atoms with Gasteiger partial charge in [-0.2, -0.15) is 0 Å². The van der Waals surface area contributed by atoms with Crippen LogP contribution in [0, 0.1) is 11.8 Å². The number of fused-ring (bicyclic) bond motifs is 2. The number of aromatic nitrogens is 3. The standard InChI is InChI=1S/C43H67N5O9Si2/c1-27(2)37-29(4)18-19-34(50)44-20-16-17-28(3)21-32(57-59(14,15)43(8,9)10)23-31(49)24-35-47-36(40(54-35)58(11,12)13)38(51)46-33(39(52)55-37)22-30-25-48(26-45-30)41(53)56-42(5,6)7/h16-19,21,25-27,29,32-33,37H,20,22-24H2,1-15H3,(H,44,50)(H,46,51)/b17-16+,19-18+,28-21+/t29-,32-,33?,37-/m1/s1. The first kappa shape index (κ1) is 48.9. The average molecular weight is 854 g/mol. The molecular formula is C43H67N5O9Si2. The Labute approximate surface area is 352 Å². The summed E-state index contributed by atoms with van der Waals surface area (Å²) in [6.07, 6.45) is 9.30. The molecule has 14 nitrogen and oxygen atoms in total. The zero-order valence-electron chi connectivity index (χ0n) is 37.8. The van der Waals surface area contributed by atoms with Crippen molar-refractivity contribution in [3.63, 3.8) is 0 Å². The topological polar surface area (TPSA) is 181 Å². The third-order valence-corrected chi connectivity index (χ3v) is 16.2. The summed E-state index contributed by atoms with van der Waals surface area (Å²) in [7, 11) is -4.72. The van der Waals surface area contributed by atoms with Crippen molar-refractivity contribution < 1.29 is 42.3 Å². The average Bonchev–Trinajstić information content (AvgIpc) is 3.73. The first-order valence-corrected chi connectivity index (χ1v) is 26.8. The lowest BCUT2D eigenvalue weighted by Crippen LogP contribution is -2.48. The van der Waals surface area contributed by atoms with Crippen molar-refractivity contribution in [2.24, 2.45) is 11.8 Å². The van der Waals surface area contributed by atoms with Crippen LogP contribution in [0.15, 0.2) is 52.9 Å². The van der Waals surface area contributed by atoms with E-state index in [1.54, 1.807) is 26.8 Å². The SMILES string of the molecule is CC1=C\[C@@H](O[Si](C)(C)C(C)(C)C)CC(=O)Cc2nc(c([Si](C)(C)C)o2)C(=O)NC(Cc2cn(C(=O)OC(C)(C)C)cn2)C(=O)O[C@H](C(C)C)[C@H](C)/C=C/C(=O)NC\C=C\1. The third-order valence-electron chi connectivity index (χ3n) is 10.0. The molecule has 3 rings (SSSR count). The number of hydrogen-bond acceptors (Lipinski definition) is 11. The number of allylic oxidation sites excluding steroid dienone is 2. The minimum atomic E-state index is -2.40. The van der Waals surface area contributed by atoms with E-state index in [1.165, 1.54) is 23.2 Å². The van der Waals surface area contributed by atoms with Crippen LogP contribution in [-0.4, -0.2) is 91.0 Å². The number of hydrogen-bond donors (Lipinski definition) is 2. The predicted octanol–water partition coefficient (Wildman–Crippen LogP) is 6.83. The van der Waals surface area contributed by atoms with Crippen molar-refractivity contribution in [3.05, 3.63) is 65.8 Å². The number of nitrogens with one attached hydrogen (secondary N) is 2. The van der Waals surface area contributed by atoms with Crippen LogP contribution in [0.2, 0.25) is 37.8 Å². The molecule has 4 atom stereocenters. The van der Waals surface area contributed by atoms with Gasteiger partial charge in [0.15, 0.2) is 14.0 Å². The van der Waals surface area contributed by atoms with Gasteiger partial charge in [-0.3, -0.25) is 14.4 Å². The number of nitrogens with zero attached hydrogens (tertiary/aromatic N) is 3. The summed E-state index contributed by atoms with van der Waals surface area (Å²) in [5.74, 6) is -2.42. The minimum Gasteiger partial charge on any atom is -0.460 e. The molecule has 3 heterocycles. The number of oxazole rings is 1. The molecular weight excluding hydrogens is 787 g/mol. The van der Waals surface area contributed by atoms with Crippen LogP contribution in [0.5, 0.6) is 0 Å². The zero-order chi connectivity index (χ0) is 44.7. The van der Waals surface area contributed by atoms with Gasteiger partial charge < -0.3 is 29.0 Å². The Bertz CT molecular complexity index is 1920. The summed E-state index contributed by atoms with van der Waals surface area (Å²) < 4.78 is 25.7. The molecule has 1 aliphatic rings. The van der Waals surface area contributed by atoms with Gasteiger partial charge in [0.25, 0.3) is 5.91 Å². The first-order valence-electron chi connectivity index (χ1n) is 20.3. The molecule has 0 fully saturated rings. The lowest BCUT2D eigenvalue weighted by atomic mass is 9.94. The van der Waals surface area contributed by atoms with Gasteiger partial charge >= 0.3 is 12.1 Å². The van der Waals surface area contributed by atoms with Crippen molar-refractivity contribution in [2.75, 3.05) is 6.54 Å². The fraction of sp³-hybridized carbons (Fsp3) is 0.605. The van der Waals surface area contributed by atoms with Crippen molar-refractivity contribution in [1.29, 1.82) is 0 Å². The van der Waals surface area contributed by atoms with Crippen LogP contribution < -0.4 is 16.0 Å². The van der Waals surface area contributed by atoms with E-state index in [0.29, 0.717) is 11.1 Å². The minimum absolute atomic E-state index is 0.0138. The molecule has 0 saturated carbocycles. The van der Waals surface area contributed by atoms with Gasteiger partial charge in [-0.15, -0.1) is 0 Å². The lowest BCUT2D eigenvalue weighted by molar-refractivity contribution is -0.155. The second kappa shape index (κ2) is 19.8.